The third-order valence-corrected chi connectivity index (χ3v) is 3.45. The molecule has 3 N–H and O–H groups in total. The maximum Gasteiger partial charge on any atom is 0.319 e. The van der Waals surface area contributed by atoms with Crippen LogP contribution in [0.4, 0.5) is 10.5 Å². The third kappa shape index (κ3) is 5.08. The highest BCUT2D eigenvalue weighted by Crippen LogP contribution is 2.20. The number of rotatable bonds is 5. The molecular weight excluding hydrogens is 338 g/mol. The number of carboxylic acids is 1. The lowest BCUT2D eigenvalue weighted by Crippen LogP contribution is -2.37. The topological polar surface area (TPSA) is 102 Å². The van der Waals surface area contributed by atoms with Crippen LogP contribution in [-0.4, -0.2) is 23.7 Å². The quantitative estimate of drug-likeness (QED) is 0.757. The van der Waals surface area contributed by atoms with Crippen LogP contribution in [0, 0.1) is 23.2 Å². The number of carbonyl (C=O) groups excluding carboxylic acids is 1. The van der Waals surface area contributed by atoms with Crippen molar-refractivity contribution >= 4 is 33.6 Å². The molecule has 0 saturated heterocycles. The van der Waals surface area contributed by atoms with Gasteiger partial charge in [-0.1, -0.05) is 29.8 Å². The van der Waals surface area contributed by atoms with Gasteiger partial charge in [0, 0.05) is 11.0 Å². The molecular formula is C14H16BrN3O3. The number of hydrogen-bond donors (Lipinski definition) is 3. The van der Waals surface area contributed by atoms with Crippen LogP contribution in [-0.2, 0) is 4.79 Å². The molecule has 0 saturated carbocycles. The van der Waals surface area contributed by atoms with Crippen LogP contribution >= 0.6 is 15.9 Å². The lowest BCUT2D eigenvalue weighted by molar-refractivity contribution is -0.142. The van der Waals surface area contributed by atoms with Gasteiger partial charge in [0.25, 0.3) is 0 Å². The van der Waals surface area contributed by atoms with E-state index in [9.17, 15) is 9.59 Å². The Kier molecular flexibility index (Phi) is 6.18. The zero-order valence-corrected chi connectivity index (χ0v) is 13.3. The van der Waals surface area contributed by atoms with E-state index in [-0.39, 0.29) is 12.5 Å². The first kappa shape index (κ1) is 17.0. The Bertz CT molecular complexity index is 581. The molecule has 1 aromatic carbocycles. The normalized spacial score (nSPS) is 11.6. The molecule has 112 valence electrons. The highest BCUT2D eigenvalue weighted by Gasteiger charge is 2.22. The first-order chi connectivity index (χ1) is 9.85. The van der Waals surface area contributed by atoms with Gasteiger partial charge in [-0.15, -0.1) is 0 Å². The van der Waals surface area contributed by atoms with E-state index in [1.165, 1.54) is 0 Å². The van der Waals surface area contributed by atoms with E-state index in [1.54, 1.807) is 32.0 Å². The summed E-state index contributed by atoms with van der Waals surface area (Å²) in [6.07, 6.45) is 0. The van der Waals surface area contributed by atoms with Gasteiger partial charge in [0.2, 0.25) is 0 Å². The molecule has 0 heterocycles. The van der Waals surface area contributed by atoms with E-state index in [1.807, 2.05) is 6.07 Å². The number of benzene rings is 1. The summed E-state index contributed by atoms with van der Waals surface area (Å²) in [6, 6.07) is 6.32. The zero-order valence-electron chi connectivity index (χ0n) is 11.7. The fourth-order valence-electron chi connectivity index (χ4n) is 1.70. The summed E-state index contributed by atoms with van der Waals surface area (Å²) in [5, 5.41) is 23.1. The summed E-state index contributed by atoms with van der Waals surface area (Å²) in [4.78, 5) is 22.8. The van der Waals surface area contributed by atoms with Crippen molar-refractivity contribution in [2.45, 2.75) is 13.8 Å². The van der Waals surface area contributed by atoms with Crippen molar-refractivity contribution in [3.63, 3.8) is 0 Å². The second-order valence-electron chi connectivity index (χ2n) is 4.83. The number of halogens is 1. The standard InChI is InChI=1S/C14H16BrN3O3/c1-8(2)11(13(19)20)7-17-14(21)18-12-4-3-10(15)5-9(12)6-16/h3-5,8,11H,7H2,1-2H3,(H,19,20)(H2,17,18,21). The van der Waals surface area contributed by atoms with E-state index < -0.39 is 17.9 Å². The number of aliphatic carboxylic acids is 1. The molecule has 1 atom stereocenters. The van der Waals surface area contributed by atoms with Crippen LogP contribution in [0.2, 0.25) is 0 Å². The second-order valence-corrected chi connectivity index (χ2v) is 5.74. The molecule has 0 fully saturated rings. The molecule has 0 aliphatic carbocycles. The minimum atomic E-state index is -0.952. The molecule has 0 radical (unpaired) electrons. The average molecular weight is 354 g/mol. The Labute approximate surface area is 131 Å². The van der Waals surface area contributed by atoms with Gasteiger partial charge in [-0.2, -0.15) is 5.26 Å². The van der Waals surface area contributed by atoms with Crippen LogP contribution in [0.1, 0.15) is 19.4 Å². The van der Waals surface area contributed by atoms with E-state index in [2.05, 4.69) is 26.6 Å². The van der Waals surface area contributed by atoms with Crippen molar-refractivity contribution in [2.75, 3.05) is 11.9 Å². The van der Waals surface area contributed by atoms with E-state index in [0.717, 1.165) is 4.47 Å². The fraction of sp³-hybridized carbons (Fsp3) is 0.357. The monoisotopic (exact) mass is 353 g/mol. The van der Waals surface area contributed by atoms with Gasteiger partial charge in [-0.3, -0.25) is 4.79 Å². The molecule has 7 heteroatoms. The number of carbonyl (C=O) groups is 2. The first-order valence-electron chi connectivity index (χ1n) is 6.32. The van der Waals surface area contributed by atoms with Gasteiger partial charge in [0.05, 0.1) is 17.2 Å². The van der Waals surface area contributed by atoms with E-state index in [0.29, 0.717) is 11.3 Å². The molecule has 2 amide bonds. The second kappa shape index (κ2) is 7.64. The Morgan fingerprint density at radius 3 is 2.62 bits per heavy atom. The molecule has 1 rings (SSSR count). The maximum atomic E-state index is 11.8. The zero-order chi connectivity index (χ0) is 16.0. The number of nitrogens with one attached hydrogen (secondary N) is 2. The molecule has 1 unspecified atom stereocenters. The SMILES string of the molecule is CC(C)C(CNC(=O)Nc1ccc(Br)cc1C#N)C(=O)O. The molecule has 21 heavy (non-hydrogen) atoms. The number of carboxylic acid groups (broad SMARTS) is 1. The molecule has 0 aromatic heterocycles. The van der Waals surface area contributed by atoms with Gasteiger partial charge >= 0.3 is 12.0 Å². The van der Waals surface area contributed by atoms with Gasteiger partial charge in [0.15, 0.2) is 0 Å². The number of amides is 2. The van der Waals surface area contributed by atoms with Crippen molar-refractivity contribution in [1.82, 2.24) is 5.32 Å². The van der Waals surface area contributed by atoms with Crippen LogP contribution in [0.25, 0.3) is 0 Å². The minimum absolute atomic E-state index is 0.0250. The number of nitrogens with zero attached hydrogens (tertiary/aromatic N) is 1. The largest absolute Gasteiger partial charge is 0.481 e. The van der Waals surface area contributed by atoms with Crippen molar-refractivity contribution in [3.05, 3.63) is 28.2 Å². The minimum Gasteiger partial charge on any atom is -0.481 e. The van der Waals surface area contributed by atoms with Gasteiger partial charge in [-0.25, -0.2) is 4.79 Å². The summed E-state index contributed by atoms with van der Waals surface area (Å²) in [5.41, 5.74) is 0.688. The smallest absolute Gasteiger partial charge is 0.319 e. The summed E-state index contributed by atoms with van der Waals surface area (Å²) in [7, 11) is 0. The van der Waals surface area contributed by atoms with E-state index in [4.69, 9.17) is 10.4 Å². The average Bonchev–Trinajstić information content (AvgIpc) is 2.40. The molecule has 0 aliphatic rings. The fourth-order valence-corrected chi connectivity index (χ4v) is 2.06. The van der Waals surface area contributed by atoms with Gasteiger partial charge in [-0.05, 0) is 24.1 Å². The highest BCUT2D eigenvalue weighted by molar-refractivity contribution is 9.10. The summed E-state index contributed by atoms with van der Waals surface area (Å²) in [6.45, 7) is 3.58. The Hall–Kier alpha value is -2.07. The number of urea groups is 1. The van der Waals surface area contributed by atoms with Crippen LogP contribution in [0.3, 0.4) is 0 Å². The first-order valence-corrected chi connectivity index (χ1v) is 7.11. The lowest BCUT2D eigenvalue weighted by atomic mass is 9.96. The van der Waals surface area contributed by atoms with Crippen LogP contribution < -0.4 is 10.6 Å². The summed E-state index contributed by atoms with van der Waals surface area (Å²) < 4.78 is 0.732. The van der Waals surface area contributed by atoms with Crippen LogP contribution in [0.15, 0.2) is 22.7 Å². The number of anilines is 1. The number of hydrogen-bond acceptors (Lipinski definition) is 3. The predicted molar refractivity (Wildman–Crippen MR) is 81.8 cm³/mol. The van der Waals surface area contributed by atoms with Crippen molar-refractivity contribution in [2.24, 2.45) is 11.8 Å². The molecule has 6 nitrogen and oxygen atoms in total. The summed E-state index contributed by atoms with van der Waals surface area (Å²) in [5.74, 6) is -1.70. The molecule has 1 aromatic rings. The van der Waals surface area contributed by atoms with Crippen molar-refractivity contribution < 1.29 is 14.7 Å². The Balaban J connectivity index is 2.67. The van der Waals surface area contributed by atoms with Gasteiger partial charge in [0.1, 0.15) is 6.07 Å². The van der Waals surface area contributed by atoms with Gasteiger partial charge < -0.3 is 15.7 Å². The number of nitriles is 1. The third-order valence-electron chi connectivity index (χ3n) is 2.95. The molecule has 0 spiro atoms. The molecule has 0 aliphatic heterocycles. The Morgan fingerprint density at radius 1 is 1.43 bits per heavy atom. The van der Waals surface area contributed by atoms with Crippen LogP contribution in [0.5, 0.6) is 0 Å². The van der Waals surface area contributed by atoms with Crippen molar-refractivity contribution in [1.29, 1.82) is 5.26 Å². The summed E-state index contributed by atoms with van der Waals surface area (Å²) >= 11 is 3.24. The van der Waals surface area contributed by atoms with E-state index >= 15 is 0 Å². The predicted octanol–water partition coefficient (Wildman–Crippen LogP) is 2.80. The van der Waals surface area contributed by atoms with Crippen molar-refractivity contribution in [3.8, 4) is 6.07 Å². The highest BCUT2D eigenvalue weighted by atomic mass is 79.9. The molecule has 0 bridgehead atoms. The Morgan fingerprint density at radius 2 is 2.10 bits per heavy atom. The maximum absolute atomic E-state index is 11.8. The lowest BCUT2D eigenvalue weighted by Gasteiger charge is -2.17.